The van der Waals surface area contributed by atoms with E-state index in [0.717, 1.165) is 6.07 Å². The van der Waals surface area contributed by atoms with Crippen LogP contribution in [-0.2, 0) is 11.2 Å². The molecule has 1 N–H and O–H groups in total. The molecule has 0 aliphatic rings. The van der Waals surface area contributed by atoms with Crippen molar-refractivity contribution in [3.05, 3.63) is 22.3 Å². The van der Waals surface area contributed by atoms with Crippen molar-refractivity contribution in [2.45, 2.75) is 12.8 Å². The second-order valence-electron chi connectivity index (χ2n) is 2.89. The number of hydrogen-bond donors (Lipinski definition) is 1. The number of alkyl halides is 2. The average Bonchev–Trinajstić information content (AvgIpc) is 2.19. The minimum Gasteiger partial charge on any atom is -0.481 e. The number of halogens is 3. The molecule has 0 radical (unpaired) electrons. The molecule has 4 nitrogen and oxygen atoms in total. The van der Waals surface area contributed by atoms with Gasteiger partial charge >= 0.3 is 5.97 Å². The normalized spacial score (nSPS) is 10.6. The summed E-state index contributed by atoms with van der Waals surface area (Å²) in [5.74, 6) is -1.46. The van der Waals surface area contributed by atoms with E-state index in [2.05, 4.69) is 9.72 Å². The van der Waals surface area contributed by atoms with E-state index in [-0.39, 0.29) is 16.6 Å². The Morgan fingerprint density at radius 2 is 2.31 bits per heavy atom. The summed E-state index contributed by atoms with van der Waals surface area (Å²) in [7, 11) is 1.17. The van der Waals surface area contributed by atoms with E-state index in [9.17, 15) is 13.6 Å². The van der Waals surface area contributed by atoms with E-state index in [4.69, 9.17) is 16.7 Å². The summed E-state index contributed by atoms with van der Waals surface area (Å²) in [6.07, 6.45) is -3.22. The van der Waals surface area contributed by atoms with Crippen LogP contribution >= 0.6 is 11.6 Å². The van der Waals surface area contributed by atoms with E-state index in [1.807, 2.05) is 0 Å². The van der Waals surface area contributed by atoms with Gasteiger partial charge in [-0.1, -0.05) is 11.6 Å². The molecule has 0 aliphatic carbocycles. The van der Waals surface area contributed by atoms with Crippen molar-refractivity contribution in [2.24, 2.45) is 0 Å². The smallest absolute Gasteiger partial charge is 0.309 e. The van der Waals surface area contributed by atoms with Gasteiger partial charge in [0.25, 0.3) is 6.43 Å². The number of carboxylic acids is 1. The second-order valence-corrected chi connectivity index (χ2v) is 3.29. The van der Waals surface area contributed by atoms with Crippen LogP contribution in [0.15, 0.2) is 6.07 Å². The van der Waals surface area contributed by atoms with Crippen molar-refractivity contribution >= 4 is 17.6 Å². The number of aliphatic carboxylic acids is 1. The Bertz CT molecular complexity index is 412. The molecule has 0 spiro atoms. The van der Waals surface area contributed by atoms with Crippen molar-refractivity contribution in [1.82, 2.24) is 4.98 Å². The summed E-state index contributed by atoms with van der Waals surface area (Å²) in [6.45, 7) is 0. The summed E-state index contributed by atoms with van der Waals surface area (Å²) >= 11 is 5.63. The molecule has 16 heavy (non-hydrogen) atoms. The number of carbonyl (C=O) groups is 1. The van der Waals surface area contributed by atoms with E-state index >= 15 is 0 Å². The molecule has 0 fully saturated rings. The number of pyridine rings is 1. The van der Waals surface area contributed by atoms with Crippen molar-refractivity contribution in [1.29, 1.82) is 0 Å². The lowest BCUT2D eigenvalue weighted by Crippen LogP contribution is -2.06. The summed E-state index contributed by atoms with van der Waals surface area (Å²) < 4.78 is 29.6. The van der Waals surface area contributed by atoms with Crippen LogP contribution in [0.1, 0.15) is 17.7 Å². The van der Waals surface area contributed by atoms with Gasteiger partial charge in [-0.2, -0.15) is 0 Å². The molecule has 0 unspecified atom stereocenters. The Kier molecular flexibility index (Phi) is 4.00. The Morgan fingerprint density at radius 3 is 2.75 bits per heavy atom. The zero-order valence-electron chi connectivity index (χ0n) is 8.21. The SMILES string of the molecule is COc1nc(CC(=O)O)c(Cl)cc1C(F)F. The molecule has 7 heteroatoms. The highest BCUT2D eigenvalue weighted by atomic mass is 35.5. The molecule has 0 amide bonds. The van der Waals surface area contributed by atoms with Crippen molar-refractivity contribution < 1.29 is 23.4 Å². The molecular formula is C9H8ClF2NO3. The first-order valence-corrected chi connectivity index (χ1v) is 4.56. The molecule has 0 aromatic carbocycles. The molecule has 0 saturated carbocycles. The van der Waals surface area contributed by atoms with E-state index in [1.54, 1.807) is 0 Å². The predicted molar refractivity (Wildman–Crippen MR) is 52.1 cm³/mol. The highest BCUT2D eigenvalue weighted by Gasteiger charge is 2.19. The van der Waals surface area contributed by atoms with Crippen LogP contribution in [-0.4, -0.2) is 23.2 Å². The van der Waals surface area contributed by atoms with Crippen LogP contribution in [0, 0.1) is 0 Å². The summed E-state index contributed by atoms with van der Waals surface area (Å²) in [5, 5.41) is 8.43. The molecular weight excluding hydrogens is 244 g/mol. The number of rotatable bonds is 4. The number of carboxylic acid groups (broad SMARTS) is 1. The average molecular weight is 252 g/mol. The largest absolute Gasteiger partial charge is 0.481 e. The number of aromatic nitrogens is 1. The van der Waals surface area contributed by atoms with Crippen LogP contribution in [0.4, 0.5) is 8.78 Å². The van der Waals surface area contributed by atoms with Crippen molar-refractivity contribution in [3.63, 3.8) is 0 Å². The highest BCUT2D eigenvalue weighted by Crippen LogP contribution is 2.31. The third kappa shape index (κ3) is 2.79. The summed E-state index contributed by atoms with van der Waals surface area (Å²) in [5.41, 5.74) is -0.461. The van der Waals surface area contributed by atoms with Gasteiger partial charge in [-0.05, 0) is 6.07 Å². The molecule has 88 valence electrons. The lowest BCUT2D eigenvalue weighted by atomic mass is 10.2. The third-order valence-corrected chi connectivity index (χ3v) is 2.12. The maximum absolute atomic E-state index is 12.5. The molecule has 0 atom stereocenters. The van der Waals surface area contributed by atoms with Gasteiger partial charge in [-0.3, -0.25) is 4.79 Å². The molecule has 1 heterocycles. The number of ether oxygens (including phenoxy) is 1. The van der Waals surface area contributed by atoms with Gasteiger partial charge in [0, 0.05) is 0 Å². The number of hydrogen-bond acceptors (Lipinski definition) is 3. The zero-order chi connectivity index (χ0) is 12.3. The van der Waals surface area contributed by atoms with Crippen LogP contribution in [0.2, 0.25) is 5.02 Å². The van der Waals surface area contributed by atoms with Crippen LogP contribution in [0.3, 0.4) is 0 Å². The first kappa shape index (κ1) is 12.6. The molecule has 0 bridgehead atoms. The maximum atomic E-state index is 12.5. The van der Waals surface area contributed by atoms with Crippen LogP contribution in [0.5, 0.6) is 5.88 Å². The van der Waals surface area contributed by atoms with Gasteiger partial charge in [0.2, 0.25) is 5.88 Å². The van der Waals surface area contributed by atoms with Gasteiger partial charge in [0.15, 0.2) is 0 Å². The second kappa shape index (κ2) is 5.07. The Morgan fingerprint density at radius 1 is 1.69 bits per heavy atom. The zero-order valence-corrected chi connectivity index (χ0v) is 8.96. The van der Waals surface area contributed by atoms with Crippen LogP contribution in [0.25, 0.3) is 0 Å². The van der Waals surface area contributed by atoms with Crippen LogP contribution < -0.4 is 4.74 Å². The lowest BCUT2D eigenvalue weighted by molar-refractivity contribution is -0.136. The van der Waals surface area contributed by atoms with Gasteiger partial charge in [-0.15, -0.1) is 0 Å². The van der Waals surface area contributed by atoms with Crippen molar-refractivity contribution in [3.8, 4) is 5.88 Å². The van der Waals surface area contributed by atoms with Gasteiger partial charge < -0.3 is 9.84 Å². The van der Waals surface area contributed by atoms with Gasteiger partial charge in [-0.25, -0.2) is 13.8 Å². The summed E-state index contributed by atoms with van der Waals surface area (Å²) in [4.78, 5) is 14.1. The maximum Gasteiger partial charge on any atom is 0.309 e. The molecule has 1 aromatic heterocycles. The topological polar surface area (TPSA) is 59.4 Å². The highest BCUT2D eigenvalue weighted by molar-refractivity contribution is 6.31. The monoisotopic (exact) mass is 251 g/mol. The minimum absolute atomic E-state index is 0.00424. The molecule has 1 rings (SSSR count). The fraction of sp³-hybridized carbons (Fsp3) is 0.333. The first-order valence-electron chi connectivity index (χ1n) is 4.19. The molecule has 0 saturated heterocycles. The molecule has 0 aliphatic heterocycles. The minimum atomic E-state index is -2.78. The Labute approximate surface area is 94.8 Å². The standard InChI is InChI=1S/C9H8ClF2NO3/c1-16-9-4(8(11)12)2-5(10)6(13-9)3-7(14)15/h2,8H,3H2,1H3,(H,14,15). The predicted octanol–water partition coefficient (Wildman–Crippen LogP) is 2.31. The fourth-order valence-corrected chi connectivity index (χ4v) is 1.34. The quantitative estimate of drug-likeness (QED) is 0.892. The third-order valence-electron chi connectivity index (χ3n) is 1.79. The van der Waals surface area contributed by atoms with E-state index in [0.29, 0.717) is 0 Å². The van der Waals surface area contributed by atoms with Gasteiger partial charge in [0.05, 0.1) is 29.8 Å². The lowest BCUT2D eigenvalue weighted by Gasteiger charge is -2.09. The van der Waals surface area contributed by atoms with E-state index < -0.39 is 24.4 Å². The number of methoxy groups -OCH3 is 1. The van der Waals surface area contributed by atoms with Crippen molar-refractivity contribution in [2.75, 3.05) is 7.11 Å². The summed E-state index contributed by atoms with van der Waals surface area (Å²) in [6, 6.07) is 0.969. The first-order chi connectivity index (χ1) is 7.45. The number of nitrogens with zero attached hydrogens (tertiary/aromatic N) is 1. The fourth-order valence-electron chi connectivity index (χ4n) is 1.11. The van der Waals surface area contributed by atoms with Gasteiger partial charge in [0.1, 0.15) is 0 Å². The Hall–Kier alpha value is -1.43. The van der Waals surface area contributed by atoms with E-state index in [1.165, 1.54) is 7.11 Å². The molecule has 1 aromatic rings. The Balaban J connectivity index is 3.20.